The first kappa shape index (κ1) is 240. The Hall–Kier alpha value is -6.02. The number of aliphatic hydroxyl groups excluding tert-OH is 12. The van der Waals surface area contributed by atoms with E-state index in [1.54, 1.807) is 91.9 Å². The fraction of sp³-hybridized carbons (Fsp3) is 0.872. The van der Waals surface area contributed by atoms with E-state index in [4.69, 9.17) is 120 Å². The summed E-state index contributed by atoms with van der Waals surface area (Å²) < 4.78 is 58.6. The third-order valence-corrected chi connectivity index (χ3v) is 5.14. The maximum atomic E-state index is 9.82. The highest BCUT2D eigenvalue weighted by Gasteiger charge is 1.83. The number of esters is 3. The summed E-state index contributed by atoms with van der Waals surface area (Å²) in [6.45, 7) is 52.8. The number of ether oxygens (including phenoxy) is 13. The number of carbonyl (C=O) groups is 10. The van der Waals surface area contributed by atoms with Gasteiger partial charge in [-0.3, -0.25) is 38.4 Å². The molecule has 0 spiro atoms. The summed E-state index contributed by atoms with van der Waals surface area (Å²) in [5, 5.41) is 131. The number of nitrogens with two attached hydrogens (primary N) is 3. The summed E-state index contributed by atoms with van der Waals surface area (Å²) in [6, 6.07) is 0. The molecule has 0 bridgehead atoms. The molecule has 0 amide bonds. The Morgan fingerprint density at radius 2 is 0.274 bits per heavy atom. The lowest BCUT2D eigenvalue weighted by atomic mass is 10.8. The number of hydrogen-bond donors (Lipinski definition) is 23. The summed E-state index contributed by atoms with van der Waals surface area (Å²) in [5.41, 5.74) is 13.5. The molecule has 0 fully saturated rings. The van der Waals surface area contributed by atoms with Crippen LogP contribution >= 0.6 is 0 Å². The molecule has 0 heterocycles. The van der Waals surface area contributed by atoms with Crippen LogP contribution in [0.3, 0.4) is 0 Å². The maximum absolute atomic E-state index is 9.82. The number of aliphatic hydroxyl groups is 12. The van der Waals surface area contributed by atoms with Crippen molar-refractivity contribution in [3.63, 3.8) is 0 Å². The van der Waals surface area contributed by atoms with Crippen molar-refractivity contribution in [2.24, 2.45) is 17.2 Å². The molecule has 0 aromatic heterocycles. The topological polar surface area (TPSA) is 749 Å². The second kappa shape index (κ2) is 540. The van der Waals surface area contributed by atoms with Crippen molar-refractivity contribution >= 4 is 60.3 Å². The SMILES string of the molecule is CC(=O)O.CC(=O)O.CC(=O)O.CC(=O)O.CC(=O)O.CCNC.CCNC.CCNC.CCOC.CCOC.CCOC.CCOC.CCOC.CCOC.CCOC.CCOC.CCOC.CCOC.CCOC(C)=O.CCOC(C)=O.CCOC(C)=O.CN.CN.CN.CO.CO.CO.CO.CO.CO.CO.CO.CO.CO.O=CCO.O=CCO. The molecule has 0 saturated heterocycles. The molecule has 124 heavy (non-hydrogen) atoms. The Morgan fingerprint density at radius 1 is 0.226 bits per heavy atom. The molecule has 0 aliphatic rings. The zero-order valence-electron chi connectivity index (χ0n) is 88.1. The number of methoxy groups -OCH3 is 10. The monoisotopic (exact) mass is 1880 g/mol. The molecule has 0 aliphatic carbocycles. The Morgan fingerprint density at radius 3 is 0.274 bits per heavy atom. The Kier molecular flexibility index (Phi) is 1050. The van der Waals surface area contributed by atoms with Gasteiger partial charge in [-0.15, -0.1) is 0 Å². The van der Waals surface area contributed by atoms with Crippen molar-refractivity contribution in [3.05, 3.63) is 0 Å². The zero-order chi connectivity index (χ0) is 110. The molecule has 0 rings (SSSR count). The number of carboxylic acids is 5. The van der Waals surface area contributed by atoms with Crippen LogP contribution in [0.15, 0.2) is 0 Å². The van der Waals surface area contributed by atoms with Crippen molar-refractivity contribution in [1.82, 2.24) is 16.0 Å². The number of aliphatic carboxylic acids is 5. The molecule has 796 valence electrons. The van der Waals surface area contributed by atoms with Crippen LogP contribution in [0, 0.1) is 0 Å². The molecule has 0 aromatic carbocycles. The second-order valence-electron chi connectivity index (χ2n) is 14.0. The van der Waals surface area contributed by atoms with Crippen LogP contribution in [0.5, 0.6) is 0 Å². The molecule has 46 nitrogen and oxygen atoms in total. The second-order valence-corrected chi connectivity index (χ2v) is 14.0. The minimum absolute atomic E-state index is 0.211. The van der Waals surface area contributed by atoms with Crippen LogP contribution in [0.2, 0.25) is 0 Å². The fourth-order valence-corrected chi connectivity index (χ4v) is 0.610. The largest absolute Gasteiger partial charge is 0.481 e. The zero-order valence-corrected chi connectivity index (χ0v) is 88.1. The summed E-state index contributed by atoms with van der Waals surface area (Å²) in [4.78, 5) is 92.3. The number of aldehydes is 2. The van der Waals surface area contributed by atoms with Gasteiger partial charge in [0.2, 0.25) is 0 Å². The molecule has 0 atom stereocenters. The smallest absolute Gasteiger partial charge is 0.302 e. The quantitative estimate of drug-likeness (QED) is 0.0532. The van der Waals surface area contributed by atoms with Crippen molar-refractivity contribution in [1.29, 1.82) is 0 Å². The lowest BCUT2D eigenvalue weighted by Gasteiger charge is -1.89. The number of carbonyl (C=O) groups excluding carboxylic acids is 5. The van der Waals surface area contributed by atoms with E-state index in [0.29, 0.717) is 32.4 Å². The average molecular weight is 1880 g/mol. The van der Waals surface area contributed by atoms with Gasteiger partial charge in [0.25, 0.3) is 29.8 Å². The number of carboxylic acid groups (broad SMARTS) is 5. The van der Waals surface area contributed by atoms with Crippen LogP contribution in [0.25, 0.3) is 0 Å². The molecular formula is C78H214N6O40. The van der Waals surface area contributed by atoms with E-state index in [0.717, 1.165) is 191 Å². The summed E-state index contributed by atoms with van der Waals surface area (Å²) >= 11 is 0. The normalized spacial score (nSPS) is 6.30. The minimum atomic E-state index is -0.833. The van der Waals surface area contributed by atoms with Crippen molar-refractivity contribution in [2.45, 2.75) is 166 Å². The van der Waals surface area contributed by atoms with E-state index in [9.17, 15) is 14.4 Å². The first-order chi connectivity index (χ1) is 58.7. The third kappa shape index (κ3) is 4740. The molecule has 46 heteroatoms. The number of nitrogens with one attached hydrogen (secondary N) is 3. The standard InChI is InChI=1S/3C4H8O2.3C3H9N.10C3H8O.7C2H4O2.3CH5N.10CH4O/c3*1-3-6-4(2)5;13*1-3-4-2;5*1-2(3)4;2*3-1-2-4;13*1-2/h3*3H2,1-2H3;3*4H,3H2,1-2H3;10*3H2,1-2H3;5*1H3,(H,3,4);2*1,4H,2H2;3*2H2,1H3;10*2H,1H3. The third-order valence-electron chi connectivity index (χ3n) is 5.14. The predicted octanol–water partition coefficient (Wildman–Crippen LogP) is 2.53. The summed E-state index contributed by atoms with van der Waals surface area (Å²) in [6.07, 6.45) is 0.861. The first-order valence-electron chi connectivity index (χ1n) is 37.2. The Labute approximate surface area is 756 Å². The van der Waals surface area contributed by atoms with Gasteiger partial charge >= 0.3 is 17.9 Å². The Bertz CT molecular complexity index is 987. The summed E-state index contributed by atoms with van der Waals surface area (Å²) in [5.74, 6) is -4.80. The van der Waals surface area contributed by atoms with Gasteiger partial charge in [0.1, 0.15) is 12.6 Å². The Balaban J connectivity index is -0.0000000190. The average Bonchev–Trinajstić information content (AvgIpc) is 1.22. The van der Waals surface area contributed by atoms with Crippen LogP contribution in [0.1, 0.15) is 166 Å². The van der Waals surface area contributed by atoms with Gasteiger partial charge in [0, 0.05) is 264 Å². The van der Waals surface area contributed by atoms with Crippen molar-refractivity contribution in [3.8, 4) is 0 Å². The highest BCUT2D eigenvalue weighted by atomic mass is 16.5. The molecule has 0 radical (unpaired) electrons. The van der Waals surface area contributed by atoms with Gasteiger partial charge < -0.3 is 191 Å². The van der Waals surface area contributed by atoms with E-state index in [1.165, 1.54) is 41.9 Å². The number of rotatable bonds is 18. The molecule has 26 N–H and O–H groups in total. The maximum Gasteiger partial charge on any atom is 0.302 e. The van der Waals surface area contributed by atoms with Crippen LogP contribution in [-0.2, 0) is 110 Å². The fourth-order valence-electron chi connectivity index (χ4n) is 0.610. The minimum Gasteiger partial charge on any atom is -0.481 e. The first-order valence-corrected chi connectivity index (χ1v) is 37.2. The lowest BCUT2D eigenvalue weighted by molar-refractivity contribution is -0.141. The van der Waals surface area contributed by atoms with E-state index >= 15 is 0 Å². The van der Waals surface area contributed by atoms with Gasteiger partial charge in [0.05, 0.1) is 33.0 Å². The van der Waals surface area contributed by atoms with Crippen LogP contribution < -0.4 is 33.2 Å². The molecule has 0 aliphatic heterocycles. The molecule has 0 unspecified atom stereocenters. The van der Waals surface area contributed by atoms with Gasteiger partial charge in [0.15, 0.2) is 0 Å². The van der Waals surface area contributed by atoms with Crippen LogP contribution in [-0.4, -0.2) is 450 Å². The van der Waals surface area contributed by atoms with Crippen molar-refractivity contribution in [2.75, 3.05) is 303 Å². The highest BCUT2D eigenvalue weighted by molar-refractivity contribution is 5.66. The lowest BCUT2D eigenvalue weighted by Crippen LogP contribution is -2.01. The van der Waals surface area contributed by atoms with Crippen LogP contribution in [0.4, 0.5) is 0 Å². The highest BCUT2D eigenvalue weighted by Crippen LogP contribution is 1.71. The van der Waals surface area contributed by atoms with E-state index in [-0.39, 0.29) is 31.1 Å². The molecule has 0 aromatic rings. The number of hydrogen-bond acceptors (Lipinski definition) is 41. The van der Waals surface area contributed by atoms with Gasteiger partial charge in [-0.1, -0.05) is 20.8 Å². The van der Waals surface area contributed by atoms with Gasteiger partial charge in [-0.25, -0.2) is 0 Å². The van der Waals surface area contributed by atoms with E-state index in [2.05, 4.69) is 116 Å². The van der Waals surface area contributed by atoms with E-state index < -0.39 is 29.8 Å². The van der Waals surface area contributed by atoms with Gasteiger partial charge in [-0.2, -0.15) is 0 Å². The van der Waals surface area contributed by atoms with Gasteiger partial charge in [-0.05, 0) is 152 Å². The molecule has 0 saturated carbocycles. The molecular weight excluding hydrogens is 1660 g/mol. The predicted molar refractivity (Wildman–Crippen MR) is 506 cm³/mol. The van der Waals surface area contributed by atoms with Crippen molar-refractivity contribution < 1.29 is 196 Å². The summed E-state index contributed by atoms with van der Waals surface area (Å²) in [7, 11) is 37.1. The van der Waals surface area contributed by atoms with E-state index in [1.807, 2.05) is 90.4 Å².